The van der Waals surface area contributed by atoms with E-state index in [0.29, 0.717) is 11.9 Å². The minimum atomic E-state index is 0.673. The lowest BCUT2D eigenvalue weighted by Gasteiger charge is -2.09. The molecule has 0 amide bonds. The maximum atomic E-state index is 5.88. The summed E-state index contributed by atoms with van der Waals surface area (Å²) in [7, 11) is 0. The Morgan fingerprint density at radius 1 is 1.14 bits per heavy atom. The molecule has 3 nitrogen and oxygen atoms in total. The van der Waals surface area contributed by atoms with Crippen molar-refractivity contribution in [2.75, 3.05) is 0 Å². The predicted molar refractivity (Wildman–Crippen MR) is 84.7 cm³/mol. The van der Waals surface area contributed by atoms with Crippen molar-refractivity contribution in [3.05, 3.63) is 53.2 Å². The van der Waals surface area contributed by atoms with Crippen molar-refractivity contribution in [3.63, 3.8) is 0 Å². The van der Waals surface area contributed by atoms with Crippen molar-refractivity contribution < 1.29 is 4.74 Å². The van der Waals surface area contributed by atoms with E-state index in [0.717, 1.165) is 24.4 Å². The Bertz CT molecular complexity index is 603. The van der Waals surface area contributed by atoms with E-state index in [4.69, 9.17) is 4.74 Å². The zero-order valence-corrected chi connectivity index (χ0v) is 12.7. The van der Waals surface area contributed by atoms with Gasteiger partial charge < -0.3 is 10.1 Å². The van der Waals surface area contributed by atoms with Crippen LogP contribution < -0.4 is 10.1 Å². The molecule has 0 spiro atoms. The third-order valence-corrected chi connectivity index (χ3v) is 3.72. The van der Waals surface area contributed by atoms with Crippen LogP contribution in [-0.2, 0) is 13.0 Å². The highest BCUT2D eigenvalue weighted by molar-refractivity contribution is 5.32. The van der Waals surface area contributed by atoms with Crippen molar-refractivity contribution >= 4 is 0 Å². The summed E-state index contributed by atoms with van der Waals surface area (Å²) in [5.74, 6) is 1.51. The Hall–Kier alpha value is -1.87. The summed E-state index contributed by atoms with van der Waals surface area (Å²) in [6.07, 6.45) is 3.65. The Kier molecular flexibility index (Phi) is 4.20. The molecule has 1 heterocycles. The van der Waals surface area contributed by atoms with E-state index in [9.17, 15) is 0 Å². The maximum absolute atomic E-state index is 5.88. The maximum Gasteiger partial charge on any atom is 0.219 e. The van der Waals surface area contributed by atoms with Gasteiger partial charge in [-0.15, -0.1) is 0 Å². The lowest BCUT2D eigenvalue weighted by Crippen LogP contribution is -2.15. The highest BCUT2D eigenvalue weighted by Gasteiger charge is 2.20. The number of aryl methyl sites for hydroxylation is 2. The van der Waals surface area contributed by atoms with Crippen LogP contribution in [0.1, 0.15) is 36.6 Å². The second-order valence-electron chi connectivity index (χ2n) is 5.71. The molecule has 1 N–H and O–H groups in total. The molecule has 0 unspecified atom stereocenters. The molecule has 0 aliphatic heterocycles. The van der Waals surface area contributed by atoms with E-state index in [1.807, 2.05) is 25.1 Å². The van der Waals surface area contributed by atoms with Crippen molar-refractivity contribution in [2.45, 2.75) is 45.7 Å². The molecule has 1 aliphatic carbocycles. The third kappa shape index (κ3) is 4.05. The first kappa shape index (κ1) is 14.1. The van der Waals surface area contributed by atoms with Crippen LogP contribution >= 0.6 is 0 Å². The van der Waals surface area contributed by atoms with Crippen LogP contribution in [0.4, 0.5) is 0 Å². The standard InChI is InChI=1S/C18H22N2O/c1-3-14-4-8-17(9-5-14)21-18-11-15(10-13(2)20-18)12-19-16-6-7-16/h4-5,8-11,16,19H,3,6-7,12H2,1-2H3. The van der Waals surface area contributed by atoms with Gasteiger partial charge in [-0.25, -0.2) is 4.98 Å². The number of pyridine rings is 1. The topological polar surface area (TPSA) is 34.1 Å². The summed E-state index contributed by atoms with van der Waals surface area (Å²) in [6, 6.07) is 13.1. The first-order valence-corrected chi connectivity index (χ1v) is 7.70. The van der Waals surface area contributed by atoms with Crippen LogP contribution in [0.25, 0.3) is 0 Å². The van der Waals surface area contributed by atoms with Crippen LogP contribution in [0.3, 0.4) is 0 Å². The van der Waals surface area contributed by atoms with Crippen molar-refractivity contribution in [1.82, 2.24) is 10.3 Å². The summed E-state index contributed by atoms with van der Waals surface area (Å²) in [6.45, 7) is 5.05. The van der Waals surface area contributed by atoms with E-state index >= 15 is 0 Å². The molecule has 2 aromatic rings. The zero-order chi connectivity index (χ0) is 14.7. The number of hydrogen-bond donors (Lipinski definition) is 1. The monoisotopic (exact) mass is 282 g/mol. The summed E-state index contributed by atoms with van der Waals surface area (Å²) < 4.78 is 5.88. The molecule has 0 bridgehead atoms. The van der Waals surface area contributed by atoms with Crippen LogP contribution in [-0.4, -0.2) is 11.0 Å². The highest BCUT2D eigenvalue weighted by Crippen LogP contribution is 2.23. The minimum absolute atomic E-state index is 0.673. The van der Waals surface area contributed by atoms with Crippen LogP contribution in [0.2, 0.25) is 0 Å². The normalized spacial score (nSPS) is 14.2. The summed E-state index contributed by atoms with van der Waals surface area (Å²) in [5, 5.41) is 3.52. The molecule has 1 saturated carbocycles. The van der Waals surface area contributed by atoms with Crippen molar-refractivity contribution in [2.24, 2.45) is 0 Å². The molecule has 0 saturated heterocycles. The molecule has 110 valence electrons. The van der Waals surface area contributed by atoms with E-state index < -0.39 is 0 Å². The SMILES string of the molecule is CCc1ccc(Oc2cc(CNC3CC3)cc(C)n2)cc1. The quantitative estimate of drug-likeness (QED) is 0.869. The number of aromatic nitrogens is 1. The first-order chi connectivity index (χ1) is 10.2. The van der Waals surface area contributed by atoms with Gasteiger partial charge in [-0.1, -0.05) is 19.1 Å². The molecule has 1 aliphatic rings. The number of hydrogen-bond acceptors (Lipinski definition) is 3. The van der Waals surface area contributed by atoms with E-state index in [1.165, 1.54) is 24.0 Å². The number of ether oxygens (including phenoxy) is 1. The fourth-order valence-electron chi connectivity index (χ4n) is 2.32. The Balaban J connectivity index is 1.70. The minimum Gasteiger partial charge on any atom is -0.439 e. The second-order valence-corrected chi connectivity index (χ2v) is 5.71. The molecule has 0 radical (unpaired) electrons. The molecule has 3 heteroatoms. The third-order valence-electron chi connectivity index (χ3n) is 3.72. The van der Waals surface area contributed by atoms with Gasteiger partial charge in [0.25, 0.3) is 0 Å². The van der Waals surface area contributed by atoms with Crippen molar-refractivity contribution in [3.8, 4) is 11.6 Å². The molecule has 21 heavy (non-hydrogen) atoms. The fraction of sp³-hybridized carbons (Fsp3) is 0.389. The number of rotatable bonds is 6. The lowest BCUT2D eigenvalue weighted by molar-refractivity contribution is 0.460. The predicted octanol–water partition coefficient (Wildman–Crippen LogP) is 4.00. The summed E-state index contributed by atoms with van der Waals surface area (Å²) >= 11 is 0. The van der Waals surface area contributed by atoms with Gasteiger partial charge in [-0.3, -0.25) is 0 Å². The van der Waals surface area contributed by atoms with Crippen LogP contribution in [0, 0.1) is 6.92 Å². The van der Waals surface area contributed by atoms with Gasteiger partial charge >= 0.3 is 0 Å². The van der Waals surface area contributed by atoms with Gasteiger partial charge in [0.15, 0.2) is 0 Å². The first-order valence-electron chi connectivity index (χ1n) is 7.70. The van der Waals surface area contributed by atoms with E-state index in [1.54, 1.807) is 0 Å². The molecule has 0 atom stereocenters. The van der Waals surface area contributed by atoms with E-state index in [2.05, 4.69) is 35.4 Å². The molecular formula is C18H22N2O. The van der Waals surface area contributed by atoms with Crippen LogP contribution in [0.5, 0.6) is 11.6 Å². The molecule has 1 aromatic heterocycles. The smallest absolute Gasteiger partial charge is 0.219 e. The lowest BCUT2D eigenvalue weighted by atomic mass is 10.2. The van der Waals surface area contributed by atoms with Gasteiger partial charge in [-0.2, -0.15) is 0 Å². The van der Waals surface area contributed by atoms with Gasteiger partial charge in [0.05, 0.1) is 0 Å². The van der Waals surface area contributed by atoms with Gasteiger partial charge in [0, 0.05) is 24.3 Å². The fourth-order valence-corrected chi connectivity index (χ4v) is 2.32. The average Bonchev–Trinajstić information content (AvgIpc) is 3.30. The van der Waals surface area contributed by atoms with Gasteiger partial charge in [-0.05, 0) is 55.5 Å². The summed E-state index contributed by atoms with van der Waals surface area (Å²) in [4.78, 5) is 4.46. The Morgan fingerprint density at radius 3 is 2.57 bits per heavy atom. The average molecular weight is 282 g/mol. The Labute approximate surface area is 126 Å². The molecule has 1 aromatic carbocycles. The largest absolute Gasteiger partial charge is 0.439 e. The summed E-state index contributed by atoms with van der Waals surface area (Å²) in [5.41, 5.74) is 3.54. The van der Waals surface area contributed by atoms with E-state index in [-0.39, 0.29) is 0 Å². The highest BCUT2D eigenvalue weighted by atomic mass is 16.5. The van der Waals surface area contributed by atoms with Crippen molar-refractivity contribution in [1.29, 1.82) is 0 Å². The molecule has 3 rings (SSSR count). The molecular weight excluding hydrogens is 260 g/mol. The second kappa shape index (κ2) is 6.27. The van der Waals surface area contributed by atoms with Crippen LogP contribution in [0.15, 0.2) is 36.4 Å². The molecule has 1 fully saturated rings. The zero-order valence-electron chi connectivity index (χ0n) is 12.7. The van der Waals surface area contributed by atoms with Gasteiger partial charge in [0.1, 0.15) is 5.75 Å². The number of benzene rings is 1. The van der Waals surface area contributed by atoms with Gasteiger partial charge in [0.2, 0.25) is 5.88 Å². The number of nitrogens with one attached hydrogen (secondary N) is 1. The Morgan fingerprint density at radius 2 is 1.90 bits per heavy atom. The number of nitrogens with zero attached hydrogens (tertiary/aromatic N) is 1.